The van der Waals surface area contributed by atoms with Crippen LogP contribution in [0.1, 0.15) is 11.3 Å². The van der Waals surface area contributed by atoms with Gasteiger partial charge in [0.15, 0.2) is 5.84 Å². The van der Waals surface area contributed by atoms with Crippen LogP contribution in [0.3, 0.4) is 0 Å². The summed E-state index contributed by atoms with van der Waals surface area (Å²) >= 11 is 0. The van der Waals surface area contributed by atoms with E-state index in [1.165, 1.54) is 36.9 Å². The van der Waals surface area contributed by atoms with Crippen LogP contribution in [0.15, 0.2) is 53.1 Å². The van der Waals surface area contributed by atoms with Gasteiger partial charge in [-0.3, -0.25) is 4.98 Å². The highest BCUT2D eigenvalue weighted by Crippen LogP contribution is 2.00. The van der Waals surface area contributed by atoms with E-state index >= 15 is 0 Å². The zero-order chi connectivity index (χ0) is 12.8. The third kappa shape index (κ3) is 3.18. The van der Waals surface area contributed by atoms with Crippen molar-refractivity contribution in [2.75, 3.05) is 0 Å². The molecule has 0 radical (unpaired) electrons. The lowest BCUT2D eigenvalue weighted by molar-refractivity contribution is 0.627. The van der Waals surface area contributed by atoms with Gasteiger partial charge in [0.25, 0.3) is 0 Å². The fourth-order valence-electron chi connectivity index (χ4n) is 1.23. The second-order valence-electron chi connectivity index (χ2n) is 3.38. The van der Waals surface area contributed by atoms with Gasteiger partial charge in [0.1, 0.15) is 11.5 Å². The average molecular weight is 243 g/mol. The van der Waals surface area contributed by atoms with E-state index in [-0.39, 0.29) is 11.7 Å². The summed E-state index contributed by atoms with van der Waals surface area (Å²) in [6.07, 6.45) is 5.93. The van der Waals surface area contributed by atoms with E-state index in [2.05, 4.69) is 20.2 Å². The van der Waals surface area contributed by atoms with Gasteiger partial charge in [0.2, 0.25) is 0 Å². The maximum absolute atomic E-state index is 12.9. The van der Waals surface area contributed by atoms with Crippen LogP contribution in [0.5, 0.6) is 0 Å². The number of rotatable bonds is 3. The minimum atomic E-state index is -0.329. The fourth-order valence-corrected chi connectivity index (χ4v) is 1.23. The molecule has 1 aromatic carbocycles. The van der Waals surface area contributed by atoms with Crippen LogP contribution in [0, 0.1) is 5.82 Å². The fraction of sp³-hybridized carbons (Fsp3) is 0. The van der Waals surface area contributed by atoms with Gasteiger partial charge in [0.05, 0.1) is 12.4 Å². The quantitative estimate of drug-likeness (QED) is 0.502. The van der Waals surface area contributed by atoms with Crippen molar-refractivity contribution in [1.29, 1.82) is 0 Å². The number of benzene rings is 1. The highest BCUT2D eigenvalue weighted by atomic mass is 19.1. The molecule has 0 atom stereocenters. The maximum Gasteiger partial charge on any atom is 0.173 e. The highest BCUT2D eigenvalue weighted by Gasteiger charge is 1.97. The Balaban J connectivity index is 2.11. The summed E-state index contributed by atoms with van der Waals surface area (Å²) in [7, 11) is 0. The first-order valence-electron chi connectivity index (χ1n) is 5.14. The molecule has 0 aliphatic carbocycles. The van der Waals surface area contributed by atoms with E-state index in [9.17, 15) is 4.39 Å². The van der Waals surface area contributed by atoms with Gasteiger partial charge in [0, 0.05) is 12.4 Å². The minimum Gasteiger partial charge on any atom is -0.380 e. The Labute approximate surface area is 103 Å². The lowest BCUT2D eigenvalue weighted by atomic mass is 10.2. The van der Waals surface area contributed by atoms with Gasteiger partial charge in [-0.05, 0) is 17.7 Å². The Morgan fingerprint density at radius 3 is 2.94 bits per heavy atom. The molecule has 1 aromatic heterocycles. The summed E-state index contributed by atoms with van der Waals surface area (Å²) in [4.78, 5) is 7.83. The Morgan fingerprint density at radius 1 is 1.33 bits per heavy atom. The van der Waals surface area contributed by atoms with Crippen LogP contribution in [0.2, 0.25) is 0 Å². The lowest BCUT2D eigenvalue weighted by Gasteiger charge is -1.95. The van der Waals surface area contributed by atoms with E-state index in [1.54, 1.807) is 12.1 Å². The van der Waals surface area contributed by atoms with Crippen molar-refractivity contribution >= 4 is 12.1 Å². The van der Waals surface area contributed by atoms with Crippen molar-refractivity contribution in [3.63, 3.8) is 0 Å². The van der Waals surface area contributed by atoms with Gasteiger partial charge in [-0.1, -0.05) is 12.1 Å². The van der Waals surface area contributed by atoms with Crippen molar-refractivity contribution in [1.82, 2.24) is 9.97 Å². The molecule has 90 valence electrons. The number of halogens is 1. The van der Waals surface area contributed by atoms with Crippen LogP contribution in [-0.4, -0.2) is 22.0 Å². The second-order valence-corrected chi connectivity index (χ2v) is 3.38. The first-order chi connectivity index (χ1) is 8.75. The molecule has 0 saturated carbocycles. The molecule has 0 unspecified atom stereocenters. The molecule has 18 heavy (non-hydrogen) atoms. The molecule has 0 saturated heterocycles. The van der Waals surface area contributed by atoms with Crippen molar-refractivity contribution in [2.24, 2.45) is 15.9 Å². The van der Waals surface area contributed by atoms with Crippen molar-refractivity contribution in [3.8, 4) is 0 Å². The predicted molar refractivity (Wildman–Crippen MR) is 66.8 cm³/mol. The smallest absolute Gasteiger partial charge is 0.173 e. The largest absolute Gasteiger partial charge is 0.380 e. The summed E-state index contributed by atoms with van der Waals surface area (Å²) in [5.41, 5.74) is 6.69. The third-order valence-corrected chi connectivity index (χ3v) is 2.05. The normalized spacial score (nSPS) is 11.9. The molecule has 0 bridgehead atoms. The number of amidine groups is 1. The Kier molecular flexibility index (Phi) is 3.70. The maximum atomic E-state index is 12.9. The summed E-state index contributed by atoms with van der Waals surface area (Å²) < 4.78 is 12.9. The Morgan fingerprint density at radius 2 is 2.22 bits per heavy atom. The van der Waals surface area contributed by atoms with Crippen LogP contribution in [-0.2, 0) is 0 Å². The zero-order valence-electron chi connectivity index (χ0n) is 9.36. The Bertz CT molecular complexity index is 580. The second kappa shape index (κ2) is 5.62. The molecule has 1 heterocycles. The zero-order valence-corrected chi connectivity index (χ0v) is 9.36. The van der Waals surface area contributed by atoms with E-state index < -0.39 is 0 Å². The first-order valence-corrected chi connectivity index (χ1v) is 5.14. The summed E-state index contributed by atoms with van der Waals surface area (Å²) in [6, 6.07) is 6.00. The summed E-state index contributed by atoms with van der Waals surface area (Å²) in [5.74, 6) is -0.180. The third-order valence-electron chi connectivity index (χ3n) is 2.05. The van der Waals surface area contributed by atoms with Crippen molar-refractivity contribution in [3.05, 3.63) is 59.9 Å². The molecule has 6 heteroatoms. The highest BCUT2D eigenvalue weighted by molar-refractivity contribution is 5.95. The van der Waals surface area contributed by atoms with Crippen molar-refractivity contribution < 1.29 is 4.39 Å². The number of hydrogen-bond acceptors (Lipinski definition) is 4. The standard InChI is InChI=1S/C12H10FN5/c13-10-3-1-2-9(6-10)7-17-18-12(14)11-8-15-4-5-16-11/h1-8H,(H2,14,18)/b17-7+. The molecule has 0 fully saturated rings. The molecule has 0 aliphatic rings. The topological polar surface area (TPSA) is 76.5 Å². The van der Waals surface area contributed by atoms with Crippen LogP contribution in [0.25, 0.3) is 0 Å². The average Bonchev–Trinajstić information content (AvgIpc) is 2.40. The number of nitrogens with zero attached hydrogens (tertiary/aromatic N) is 4. The molecule has 0 amide bonds. The number of hydrogen-bond donors (Lipinski definition) is 1. The van der Waals surface area contributed by atoms with Gasteiger partial charge < -0.3 is 5.73 Å². The van der Waals surface area contributed by atoms with Gasteiger partial charge >= 0.3 is 0 Å². The van der Waals surface area contributed by atoms with Crippen molar-refractivity contribution in [2.45, 2.75) is 0 Å². The lowest BCUT2D eigenvalue weighted by Crippen LogP contribution is -2.14. The van der Waals surface area contributed by atoms with Crippen LogP contribution in [0.4, 0.5) is 4.39 Å². The van der Waals surface area contributed by atoms with Crippen LogP contribution >= 0.6 is 0 Å². The molecular formula is C12H10FN5. The van der Waals surface area contributed by atoms with E-state index in [4.69, 9.17) is 5.73 Å². The monoisotopic (exact) mass is 243 g/mol. The van der Waals surface area contributed by atoms with Gasteiger partial charge in [-0.25, -0.2) is 9.37 Å². The van der Waals surface area contributed by atoms with E-state index in [0.717, 1.165) is 0 Å². The SMILES string of the molecule is N/C(=N\N=C\c1cccc(F)c1)c1cnccn1. The molecule has 0 spiro atoms. The van der Waals surface area contributed by atoms with E-state index in [1.807, 2.05) is 0 Å². The molecule has 0 aliphatic heterocycles. The molecular weight excluding hydrogens is 233 g/mol. The Hall–Kier alpha value is -2.63. The first kappa shape index (κ1) is 11.8. The molecule has 2 aromatic rings. The van der Waals surface area contributed by atoms with Gasteiger partial charge in [-0.2, -0.15) is 5.10 Å². The molecule has 5 nitrogen and oxygen atoms in total. The summed E-state index contributed by atoms with van der Waals surface area (Å²) in [6.45, 7) is 0. The number of aromatic nitrogens is 2. The van der Waals surface area contributed by atoms with E-state index in [0.29, 0.717) is 11.3 Å². The van der Waals surface area contributed by atoms with Gasteiger partial charge in [-0.15, -0.1) is 5.10 Å². The molecule has 2 N–H and O–H groups in total. The van der Waals surface area contributed by atoms with Crippen LogP contribution < -0.4 is 5.73 Å². The predicted octanol–water partition coefficient (Wildman–Crippen LogP) is 1.36. The molecule has 2 rings (SSSR count). The number of nitrogens with two attached hydrogens (primary N) is 1. The minimum absolute atomic E-state index is 0.149. The summed E-state index contributed by atoms with van der Waals surface area (Å²) in [5, 5.41) is 7.52.